The molecule has 0 saturated carbocycles. The van der Waals surface area contributed by atoms with Crippen LogP contribution in [-0.2, 0) is 11.3 Å². The summed E-state index contributed by atoms with van der Waals surface area (Å²) in [5.41, 5.74) is 1.02. The molecule has 1 heterocycles. The molecule has 1 aromatic carbocycles. The lowest BCUT2D eigenvalue weighted by Gasteiger charge is -2.00. The van der Waals surface area contributed by atoms with E-state index < -0.39 is 11.8 Å². The van der Waals surface area contributed by atoms with Gasteiger partial charge in [-0.25, -0.2) is 9.37 Å². The first-order chi connectivity index (χ1) is 7.08. The van der Waals surface area contributed by atoms with Gasteiger partial charge in [-0.1, -0.05) is 0 Å². The summed E-state index contributed by atoms with van der Waals surface area (Å²) in [6.45, 7) is -0.249. The summed E-state index contributed by atoms with van der Waals surface area (Å²) < 4.78 is 14.7. The lowest BCUT2D eigenvalue weighted by atomic mass is 10.3. The van der Waals surface area contributed by atoms with Gasteiger partial charge < -0.3 is 9.67 Å². The van der Waals surface area contributed by atoms with E-state index in [2.05, 4.69) is 20.9 Å². The average Bonchev–Trinajstić information content (AvgIpc) is 2.43. The van der Waals surface area contributed by atoms with Gasteiger partial charge in [0.05, 0.1) is 11.0 Å². The van der Waals surface area contributed by atoms with Crippen LogP contribution in [0.15, 0.2) is 22.9 Å². The number of carboxylic acids is 1. The monoisotopic (exact) mass is 272 g/mol. The van der Waals surface area contributed by atoms with Crippen molar-refractivity contribution in [3.8, 4) is 0 Å². The number of aliphatic carboxylic acids is 1. The third-order valence-corrected chi connectivity index (χ3v) is 2.56. The summed E-state index contributed by atoms with van der Waals surface area (Å²) in [5.74, 6) is -1.42. The summed E-state index contributed by atoms with van der Waals surface area (Å²) in [7, 11) is 0. The summed E-state index contributed by atoms with van der Waals surface area (Å²) in [4.78, 5) is 14.6. The van der Waals surface area contributed by atoms with Crippen LogP contribution in [0.4, 0.5) is 4.39 Å². The highest BCUT2D eigenvalue weighted by atomic mass is 79.9. The van der Waals surface area contributed by atoms with Crippen LogP contribution in [0.5, 0.6) is 0 Å². The molecule has 0 aliphatic rings. The van der Waals surface area contributed by atoms with Gasteiger partial charge in [-0.05, 0) is 34.1 Å². The zero-order valence-corrected chi connectivity index (χ0v) is 9.03. The number of halogens is 2. The van der Waals surface area contributed by atoms with Crippen LogP contribution in [0, 0.1) is 5.82 Å². The number of imidazole rings is 1. The van der Waals surface area contributed by atoms with Gasteiger partial charge in [0.1, 0.15) is 12.4 Å². The highest BCUT2D eigenvalue weighted by Crippen LogP contribution is 2.20. The zero-order valence-electron chi connectivity index (χ0n) is 7.44. The summed E-state index contributed by atoms with van der Waals surface area (Å²) >= 11 is 3.13. The Morgan fingerprint density at radius 2 is 2.33 bits per heavy atom. The number of hydrogen-bond donors (Lipinski definition) is 1. The Kier molecular flexibility index (Phi) is 2.44. The smallest absolute Gasteiger partial charge is 0.323 e. The molecule has 1 N–H and O–H groups in total. The normalized spacial score (nSPS) is 10.8. The SMILES string of the molecule is O=C(O)Cn1c(Br)nc2ccc(F)cc21. The first-order valence-electron chi connectivity index (χ1n) is 4.11. The molecule has 2 aromatic rings. The molecule has 1 aromatic heterocycles. The number of aromatic nitrogens is 2. The van der Waals surface area contributed by atoms with E-state index in [-0.39, 0.29) is 6.54 Å². The van der Waals surface area contributed by atoms with Gasteiger partial charge in [0.25, 0.3) is 0 Å². The van der Waals surface area contributed by atoms with E-state index in [1.54, 1.807) is 0 Å². The fourth-order valence-electron chi connectivity index (χ4n) is 1.35. The Bertz CT molecular complexity index is 538. The molecule has 0 bridgehead atoms. The fraction of sp³-hybridized carbons (Fsp3) is 0.111. The number of hydrogen-bond acceptors (Lipinski definition) is 2. The van der Waals surface area contributed by atoms with Crippen molar-refractivity contribution in [3.63, 3.8) is 0 Å². The molecule has 4 nitrogen and oxygen atoms in total. The van der Waals surface area contributed by atoms with E-state index in [0.717, 1.165) is 0 Å². The van der Waals surface area contributed by atoms with Crippen molar-refractivity contribution in [1.82, 2.24) is 9.55 Å². The predicted molar refractivity (Wildman–Crippen MR) is 55.0 cm³/mol. The van der Waals surface area contributed by atoms with Crippen molar-refractivity contribution in [3.05, 3.63) is 28.7 Å². The molecule has 2 rings (SSSR count). The van der Waals surface area contributed by atoms with Crippen molar-refractivity contribution in [2.24, 2.45) is 0 Å². The fourth-order valence-corrected chi connectivity index (χ4v) is 1.86. The molecule has 78 valence electrons. The minimum absolute atomic E-state index is 0.249. The molecule has 0 aliphatic heterocycles. The predicted octanol–water partition coefficient (Wildman–Crippen LogP) is 2.02. The van der Waals surface area contributed by atoms with Crippen LogP contribution >= 0.6 is 15.9 Å². The largest absolute Gasteiger partial charge is 0.480 e. The van der Waals surface area contributed by atoms with E-state index in [4.69, 9.17) is 5.11 Å². The van der Waals surface area contributed by atoms with Crippen LogP contribution in [-0.4, -0.2) is 20.6 Å². The molecule has 15 heavy (non-hydrogen) atoms. The van der Waals surface area contributed by atoms with Crippen LogP contribution in [0.25, 0.3) is 11.0 Å². The molecule has 0 fully saturated rings. The topological polar surface area (TPSA) is 55.1 Å². The molecule has 0 saturated heterocycles. The Labute approximate surface area is 92.5 Å². The number of fused-ring (bicyclic) bond motifs is 1. The Hall–Kier alpha value is -1.43. The molecule has 0 radical (unpaired) electrons. The first-order valence-corrected chi connectivity index (χ1v) is 4.90. The van der Waals surface area contributed by atoms with E-state index in [9.17, 15) is 9.18 Å². The van der Waals surface area contributed by atoms with Crippen LogP contribution in [0.1, 0.15) is 0 Å². The quantitative estimate of drug-likeness (QED) is 0.910. The van der Waals surface area contributed by atoms with Crippen LogP contribution in [0.2, 0.25) is 0 Å². The highest BCUT2D eigenvalue weighted by Gasteiger charge is 2.11. The minimum atomic E-state index is -1.00. The van der Waals surface area contributed by atoms with Crippen molar-refractivity contribution in [2.75, 3.05) is 0 Å². The molecule has 0 aliphatic carbocycles. The second kappa shape index (κ2) is 3.62. The van der Waals surface area contributed by atoms with Gasteiger partial charge in [-0.3, -0.25) is 4.79 Å². The Balaban J connectivity index is 2.65. The van der Waals surface area contributed by atoms with Crippen LogP contribution < -0.4 is 0 Å². The van der Waals surface area contributed by atoms with Gasteiger partial charge in [0.2, 0.25) is 0 Å². The van der Waals surface area contributed by atoms with Gasteiger partial charge in [0, 0.05) is 0 Å². The molecular formula is C9H6BrFN2O2. The number of nitrogens with zero attached hydrogens (tertiary/aromatic N) is 2. The number of carbonyl (C=O) groups is 1. The lowest BCUT2D eigenvalue weighted by molar-refractivity contribution is -0.137. The molecule has 0 unspecified atom stereocenters. The van der Waals surface area contributed by atoms with Crippen molar-refractivity contribution < 1.29 is 14.3 Å². The standard InChI is InChI=1S/C9H6BrFN2O2/c10-9-12-6-2-1-5(11)3-7(6)13(9)4-8(14)15/h1-3H,4H2,(H,14,15). The van der Waals surface area contributed by atoms with Crippen molar-refractivity contribution in [2.45, 2.75) is 6.54 Å². The average molecular weight is 273 g/mol. The highest BCUT2D eigenvalue weighted by molar-refractivity contribution is 9.10. The maximum absolute atomic E-state index is 13.0. The number of benzene rings is 1. The third-order valence-electron chi connectivity index (χ3n) is 1.96. The molecule has 0 atom stereocenters. The van der Waals surface area contributed by atoms with Gasteiger partial charge >= 0.3 is 5.97 Å². The van der Waals surface area contributed by atoms with Gasteiger partial charge in [-0.2, -0.15) is 0 Å². The van der Waals surface area contributed by atoms with E-state index in [0.29, 0.717) is 15.8 Å². The zero-order chi connectivity index (χ0) is 11.0. The minimum Gasteiger partial charge on any atom is -0.480 e. The van der Waals surface area contributed by atoms with Crippen molar-refractivity contribution in [1.29, 1.82) is 0 Å². The van der Waals surface area contributed by atoms with Crippen LogP contribution in [0.3, 0.4) is 0 Å². The van der Waals surface area contributed by atoms with Gasteiger partial charge in [0.15, 0.2) is 4.73 Å². The maximum atomic E-state index is 13.0. The first kappa shape index (κ1) is 10.1. The van der Waals surface area contributed by atoms with Crippen molar-refractivity contribution >= 4 is 32.9 Å². The van der Waals surface area contributed by atoms with E-state index in [1.165, 1.54) is 22.8 Å². The molecule has 6 heteroatoms. The summed E-state index contributed by atoms with van der Waals surface area (Å²) in [6.07, 6.45) is 0. The molecule has 0 spiro atoms. The van der Waals surface area contributed by atoms with E-state index in [1.807, 2.05) is 0 Å². The summed E-state index contributed by atoms with van der Waals surface area (Å²) in [6, 6.07) is 4.05. The Morgan fingerprint density at radius 1 is 1.60 bits per heavy atom. The van der Waals surface area contributed by atoms with Gasteiger partial charge in [-0.15, -0.1) is 0 Å². The second-order valence-electron chi connectivity index (χ2n) is 2.99. The van der Waals surface area contributed by atoms with E-state index >= 15 is 0 Å². The Morgan fingerprint density at radius 3 is 3.00 bits per heavy atom. The number of rotatable bonds is 2. The lowest BCUT2D eigenvalue weighted by Crippen LogP contribution is -2.08. The molecule has 0 amide bonds. The molecular weight excluding hydrogens is 267 g/mol. The third kappa shape index (κ3) is 1.85. The summed E-state index contributed by atoms with van der Waals surface area (Å²) in [5, 5.41) is 8.68. The number of carboxylic acid groups (broad SMARTS) is 1. The maximum Gasteiger partial charge on any atom is 0.323 e. The second-order valence-corrected chi connectivity index (χ2v) is 3.70.